The van der Waals surface area contributed by atoms with Crippen LogP contribution in [0.4, 0.5) is 0 Å². The third-order valence-electron chi connectivity index (χ3n) is 3.12. The van der Waals surface area contributed by atoms with Crippen molar-refractivity contribution in [2.24, 2.45) is 5.92 Å². The van der Waals surface area contributed by atoms with Gasteiger partial charge in [-0.25, -0.2) is 0 Å². The summed E-state index contributed by atoms with van der Waals surface area (Å²) in [6.07, 6.45) is 0.501. The van der Waals surface area contributed by atoms with Crippen LogP contribution < -0.4 is 0 Å². The van der Waals surface area contributed by atoms with Gasteiger partial charge < -0.3 is 10.0 Å². The SMILES string of the molecule is CC(Cc1ccc2c(c1)CN(C)C2=O)C(=O)O. The molecule has 0 radical (unpaired) electrons. The highest BCUT2D eigenvalue weighted by molar-refractivity contribution is 5.98. The van der Waals surface area contributed by atoms with Crippen molar-refractivity contribution in [1.82, 2.24) is 4.90 Å². The number of benzene rings is 1. The molecule has 90 valence electrons. The van der Waals surface area contributed by atoms with E-state index in [2.05, 4.69) is 0 Å². The van der Waals surface area contributed by atoms with E-state index in [1.165, 1.54) is 0 Å². The molecule has 0 saturated heterocycles. The summed E-state index contributed by atoms with van der Waals surface area (Å²) in [5.74, 6) is -1.15. The van der Waals surface area contributed by atoms with E-state index in [4.69, 9.17) is 5.11 Å². The zero-order chi connectivity index (χ0) is 12.6. The van der Waals surface area contributed by atoms with E-state index in [1.54, 1.807) is 24.9 Å². The predicted molar refractivity (Wildman–Crippen MR) is 62.7 cm³/mol. The van der Waals surface area contributed by atoms with Gasteiger partial charge in [-0.1, -0.05) is 19.1 Å². The number of carbonyl (C=O) groups excluding carboxylic acids is 1. The standard InChI is InChI=1S/C13H15NO3/c1-8(13(16)17)5-9-3-4-11-10(6-9)7-14(2)12(11)15/h3-4,6,8H,5,7H2,1-2H3,(H,16,17). The minimum Gasteiger partial charge on any atom is -0.481 e. The van der Waals surface area contributed by atoms with Gasteiger partial charge in [-0.05, 0) is 23.6 Å². The third kappa shape index (κ3) is 2.16. The Balaban J connectivity index is 2.22. The molecule has 1 atom stereocenters. The maximum atomic E-state index is 11.7. The highest BCUT2D eigenvalue weighted by atomic mass is 16.4. The number of carboxylic acid groups (broad SMARTS) is 1. The molecule has 0 saturated carbocycles. The van der Waals surface area contributed by atoms with E-state index >= 15 is 0 Å². The third-order valence-corrected chi connectivity index (χ3v) is 3.12. The quantitative estimate of drug-likeness (QED) is 0.861. The van der Waals surface area contributed by atoms with Gasteiger partial charge in [0.05, 0.1) is 5.92 Å². The molecule has 4 nitrogen and oxygen atoms in total. The molecule has 4 heteroatoms. The second-order valence-electron chi connectivity index (χ2n) is 4.60. The van der Waals surface area contributed by atoms with E-state index in [1.807, 2.05) is 12.1 Å². The van der Waals surface area contributed by atoms with Crippen molar-refractivity contribution in [2.75, 3.05) is 7.05 Å². The van der Waals surface area contributed by atoms with E-state index in [9.17, 15) is 9.59 Å². The Kier molecular flexibility index (Phi) is 2.88. The van der Waals surface area contributed by atoms with Crippen LogP contribution in [0.2, 0.25) is 0 Å². The van der Waals surface area contributed by atoms with Crippen LogP contribution in [0.15, 0.2) is 18.2 Å². The highest BCUT2D eigenvalue weighted by Crippen LogP contribution is 2.23. The average molecular weight is 233 g/mol. The number of carbonyl (C=O) groups is 2. The minimum atomic E-state index is -0.793. The summed E-state index contributed by atoms with van der Waals surface area (Å²) in [5, 5.41) is 8.86. The fourth-order valence-corrected chi connectivity index (χ4v) is 2.09. The summed E-state index contributed by atoms with van der Waals surface area (Å²) in [7, 11) is 1.77. The van der Waals surface area contributed by atoms with Crippen LogP contribution in [-0.4, -0.2) is 28.9 Å². The first-order valence-corrected chi connectivity index (χ1v) is 5.59. The largest absolute Gasteiger partial charge is 0.481 e. The Morgan fingerprint density at radius 3 is 2.88 bits per heavy atom. The molecule has 0 aromatic heterocycles. The fraction of sp³-hybridized carbons (Fsp3) is 0.385. The topological polar surface area (TPSA) is 57.6 Å². The molecule has 1 heterocycles. The van der Waals surface area contributed by atoms with E-state index in [-0.39, 0.29) is 5.91 Å². The molecule has 17 heavy (non-hydrogen) atoms. The number of amides is 1. The number of nitrogens with zero attached hydrogens (tertiary/aromatic N) is 1. The van der Waals surface area contributed by atoms with Crippen molar-refractivity contribution in [3.8, 4) is 0 Å². The summed E-state index contributed by atoms with van der Waals surface area (Å²) in [6, 6.07) is 5.58. The normalized spacial score (nSPS) is 15.9. The molecule has 0 aliphatic carbocycles. The Labute approximate surface area is 99.9 Å². The van der Waals surface area contributed by atoms with Gasteiger partial charge in [0.15, 0.2) is 0 Å². The number of carboxylic acids is 1. The molecule has 1 unspecified atom stereocenters. The second kappa shape index (κ2) is 4.20. The highest BCUT2D eigenvalue weighted by Gasteiger charge is 2.24. The number of aliphatic carboxylic acids is 1. The van der Waals surface area contributed by atoms with E-state index < -0.39 is 11.9 Å². The molecule has 1 aliphatic heterocycles. The molecule has 0 fully saturated rings. The van der Waals surface area contributed by atoms with Crippen LogP contribution in [0, 0.1) is 5.92 Å². The Bertz CT molecular complexity index is 482. The molecule has 0 bridgehead atoms. The van der Waals surface area contributed by atoms with Crippen molar-refractivity contribution in [3.05, 3.63) is 34.9 Å². The van der Waals surface area contributed by atoms with Gasteiger partial charge in [0.2, 0.25) is 0 Å². The zero-order valence-electron chi connectivity index (χ0n) is 9.93. The first-order valence-electron chi connectivity index (χ1n) is 5.59. The van der Waals surface area contributed by atoms with Gasteiger partial charge in [-0.3, -0.25) is 9.59 Å². The lowest BCUT2D eigenvalue weighted by molar-refractivity contribution is -0.141. The molecule has 1 aromatic rings. The summed E-state index contributed by atoms with van der Waals surface area (Å²) in [6.45, 7) is 2.30. The van der Waals surface area contributed by atoms with Crippen molar-refractivity contribution < 1.29 is 14.7 Å². The van der Waals surface area contributed by atoms with E-state index in [0.717, 1.165) is 16.7 Å². The van der Waals surface area contributed by atoms with Gasteiger partial charge in [0.1, 0.15) is 0 Å². The molecular weight excluding hydrogens is 218 g/mol. The monoisotopic (exact) mass is 233 g/mol. The van der Waals surface area contributed by atoms with Crippen molar-refractivity contribution >= 4 is 11.9 Å². The van der Waals surface area contributed by atoms with Crippen molar-refractivity contribution in [3.63, 3.8) is 0 Å². The Morgan fingerprint density at radius 2 is 2.24 bits per heavy atom. The Hall–Kier alpha value is -1.84. The molecule has 1 aliphatic rings. The van der Waals surface area contributed by atoms with Crippen LogP contribution in [0.3, 0.4) is 0 Å². The number of fused-ring (bicyclic) bond motifs is 1. The molecule has 1 N–H and O–H groups in total. The first kappa shape index (κ1) is 11.6. The van der Waals surface area contributed by atoms with Gasteiger partial charge in [0.25, 0.3) is 5.91 Å². The van der Waals surface area contributed by atoms with Crippen LogP contribution in [-0.2, 0) is 17.8 Å². The summed E-state index contributed by atoms with van der Waals surface area (Å²) >= 11 is 0. The van der Waals surface area contributed by atoms with Gasteiger partial charge in [0, 0.05) is 19.2 Å². The molecule has 1 aromatic carbocycles. The lowest BCUT2D eigenvalue weighted by atomic mass is 9.98. The average Bonchev–Trinajstić information content (AvgIpc) is 2.54. The first-order chi connectivity index (χ1) is 7.99. The van der Waals surface area contributed by atoms with E-state index in [0.29, 0.717) is 13.0 Å². The summed E-state index contributed by atoms with van der Waals surface area (Å²) in [4.78, 5) is 24.1. The van der Waals surface area contributed by atoms with Gasteiger partial charge in [-0.15, -0.1) is 0 Å². The predicted octanol–water partition coefficient (Wildman–Crippen LogP) is 1.54. The number of hydrogen-bond donors (Lipinski definition) is 1. The molecule has 0 spiro atoms. The number of rotatable bonds is 3. The summed E-state index contributed by atoms with van der Waals surface area (Å²) < 4.78 is 0. The second-order valence-corrected chi connectivity index (χ2v) is 4.60. The van der Waals surface area contributed by atoms with Gasteiger partial charge >= 0.3 is 5.97 Å². The van der Waals surface area contributed by atoms with Crippen molar-refractivity contribution in [1.29, 1.82) is 0 Å². The maximum absolute atomic E-state index is 11.7. The summed E-state index contributed by atoms with van der Waals surface area (Å²) in [5.41, 5.74) is 2.70. The lowest BCUT2D eigenvalue weighted by Crippen LogP contribution is -2.17. The Morgan fingerprint density at radius 1 is 1.53 bits per heavy atom. The zero-order valence-corrected chi connectivity index (χ0v) is 9.93. The van der Waals surface area contributed by atoms with Crippen molar-refractivity contribution in [2.45, 2.75) is 19.9 Å². The fourth-order valence-electron chi connectivity index (χ4n) is 2.09. The number of hydrogen-bond acceptors (Lipinski definition) is 2. The van der Waals surface area contributed by atoms with Gasteiger partial charge in [-0.2, -0.15) is 0 Å². The molecular formula is C13H15NO3. The molecule has 1 amide bonds. The van der Waals surface area contributed by atoms with Crippen LogP contribution in [0.5, 0.6) is 0 Å². The lowest BCUT2D eigenvalue weighted by Gasteiger charge is -2.07. The molecule has 2 rings (SSSR count). The van der Waals surface area contributed by atoms with Crippen LogP contribution >= 0.6 is 0 Å². The smallest absolute Gasteiger partial charge is 0.306 e. The van der Waals surface area contributed by atoms with Crippen LogP contribution in [0.25, 0.3) is 0 Å². The van der Waals surface area contributed by atoms with Crippen LogP contribution in [0.1, 0.15) is 28.4 Å². The minimum absolute atomic E-state index is 0.0397. The maximum Gasteiger partial charge on any atom is 0.306 e.